The summed E-state index contributed by atoms with van der Waals surface area (Å²) in [6.45, 7) is 5.12. The number of rotatable bonds is 7. The molecule has 0 heterocycles. The standard InChI is InChI=1S/C14H22N2O4S/c1-11(18)15-10-12-4-6-13(7-5-12)21(19,20)16-14(2,3)8-9-17/h4-7,16-17H,8-10H2,1-3H3,(H,15,18). The van der Waals surface area contributed by atoms with E-state index in [-0.39, 0.29) is 17.4 Å². The Balaban J connectivity index is 2.82. The van der Waals surface area contributed by atoms with Gasteiger partial charge < -0.3 is 10.4 Å². The number of carbonyl (C=O) groups excluding carboxylic acids is 1. The van der Waals surface area contributed by atoms with Gasteiger partial charge in [-0.15, -0.1) is 0 Å². The van der Waals surface area contributed by atoms with Crippen molar-refractivity contribution in [2.24, 2.45) is 0 Å². The molecule has 1 aromatic rings. The molecule has 7 heteroatoms. The van der Waals surface area contributed by atoms with E-state index in [1.54, 1.807) is 26.0 Å². The van der Waals surface area contributed by atoms with Gasteiger partial charge in [0, 0.05) is 25.6 Å². The third kappa shape index (κ3) is 5.82. The molecule has 1 aromatic carbocycles. The Labute approximate surface area is 125 Å². The lowest BCUT2D eigenvalue weighted by Gasteiger charge is -2.25. The predicted molar refractivity (Wildman–Crippen MR) is 80.1 cm³/mol. The maximum absolute atomic E-state index is 12.2. The second-order valence-corrected chi connectivity index (χ2v) is 7.20. The molecule has 21 heavy (non-hydrogen) atoms. The van der Waals surface area contributed by atoms with Crippen LogP contribution < -0.4 is 10.0 Å². The maximum Gasteiger partial charge on any atom is 0.241 e. The summed E-state index contributed by atoms with van der Waals surface area (Å²) in [6.07, 6.45) is 0.326. The molecular formula is C14H22N2O4S. The van der Waals surface area contributed by atoms with E-state index in [9.17, 15) is 13.2 Å². The summed E-state index contributed by atoms with van der Waals surface area (Å²) in [5, 5.41) is 11.6. The van der Waals surface area contributed by atoms with E-state index in [2.05, 4.69) is 10.0 Å². The number of nitrogens with one attached hydrogen (secondary N) is 2. The highest BCUT2D eigenvalue weighted by atomic mass is 32.2. The molecule has 0 aliphatic carbocycles. The van der Waals surface area contributed by atoms with Gasteiger partial charge in [0.25, 0.3) is 0 Å². The number of hydrogen-bond acceptors (Lipinski definition) is 4. The highest BCUT2D eigenvalue weighted by Crippen LogP contribution is 2.16. The number of hydrogen-bond donors (Lipinski definition) is 3. The Hall–Kier alpha value is -1.44. The normalized spacial score (nSPS) is 12.2. The van der Waals surface area contributed by atoms with Crippen LogP contribution in [0.5, 0.6) is 0 Å². The van der Waals surface area contributed by atoms with Gasteiger partial charge >= 0.3 is 0 Å². The summed E-state index contributed by atoms with van der Waals surface area (Å²) in [5.74, 6) is -0.140. The number of carbonyl (C=O) groups is 1. The van der Waals surface area contributed by atoms with Crippen LogP contribution in [0, 0.1) is 0 Å². The van der Waals surface area contributed by atoms with Gasteiger partial charge in [-0.25, -0.2) is 13.1 Å². The molecule has 0 bridgehead atoms. The van der Waals surface area contributed by atoms with Gasteiger partial charge in [-0.2, -0.15) is 0 Å². The van der Waals surface area contributed by atoms with Crippen LogP contribution in [0.25, 0.3) is 0 Å². The van der Waals surface area contributed by atoms with Crippen molar-refractivity contribution in [3.05, 3.63) is 29.8 Å². The minimum Gasteiger partial charge on any atom is -0.396 e. The number of aliphatic hydroxyl groups is 1. The van der Waals surface area contributed by atoms with Crippen molar-refractivity contribution in [2.75, 3.05) is 6.61 Å². The van der Waals surface area contributed by atoms with E-state index in [4.69, 9.17) is 5.11 Å². The van der Waals surface area contributed by atoms with Crippen molar-refractivity contribution in [3.8, 4) is 0 Å². The molecule has 118 valence electrons. The Morgan fingerprint density at radius 2 is 1.81 bits per heavy atom. The molecule has 0 aromatic heterocycles. The van der Waals surface area contributed by atoms with E-state index >= 15 is 0 Å². The van der Waals surface area contributed by atoms with Crippen molar-refractivity contribution in [2.45, 2.75) is 44.2 Å². The number of aliphatic hydroxyl groups excluding tert-OH is 1. The molecule has 0 aliphatic heterocycles. The lowest BCUT2D eigenvalue weighted by atomic mass is 10.0. The van der Waals surface area contributed by atoms with E-state index in [0.717, 1.165) is 5.56 Å². The minimum absolute atomic E-state index is 0.0921. The second kappa shape index (κ2) is 7.02. The van der Waals surface area contributed by atoms with Crippen LogP contribution in [0.15, 0.2) is 29.2 Å². The Kier molecular flexibility index (Phi) is 5.88. The molecule has 1 rings (SSSR count). The van der Waals surface area contributed by atoms with Crippen molar-refractivity contribution in [1.29, 1.82) is 0 Å². The first kappa shape index (κ1) is 17.6. The van der Waals surface area contributed by atoms with Crippen LogP contribution in [-0.2, 0) is 21.4 Å². The second-order valence-electron chi connectivity index (χ2n) is 5.52. The summed E-state index contributed by atoms with van der Waals surface area (Å²) in [4.78, 5) is 11.0. The van der Waals surface area contributed by atoms with Gasteiger partial charge in [-0.3, -0.25) is 4.79 Å². The summed E-state index contributed by atoms with van der Waals surface area (Å²) < 4.78 is 27.0. The Bertz CT molecular complexity index is 579. The molecule has 0 spiro atoms. The maximum atomic E-state index is 12.2. The molecule has 0 aliphatic rings. The van der Waals surface area contributed by atoms with Crippen LogP contribution >= 0.6 is 0 Å². The van der Waals surface area contributed by atoms with E-state index in [0.29, 0.717) is 13.0 Å². The van der Waals surface area contributed by atoms with Crippen LogP contribution in [0.1, 0.15) is 32.8 Å². The largest absolute Gasteiger partial charge is 0.396 e. The van der Waals surface area contributed by atoms with Crippen LogP contribution in [0.2, 0.25) is 0 Å². The van der Waals surface area contributed by atoms with Gasteiger partial charge in [0.15, 0.2) is 0 Å². The van der Waals surface area contributed by atoms with Crippen molar-refractivity contribution in [1.82, 2.24) is 10.0 Å². The predicted octanol–water partition coefficient (Wildman–Crippen LogP) is 0.762. The Morgan fingerprint density at radius 3 is 2.29 bits per heavy atom. The summed E-state index contributed by atoms with van der Waals surface area (Å²) in [6, 6.07) is 6.30. The first-order chi connectivity index (χ1) is 9.66. The number of benzene rings is 1. The Morgan fingerprint density at radius 1 is 1.24 bits per heavy atom. The zero-order valence-corrected chi connectivity index (χ0v) is 13.3. The fourth-order valence-corrected chi connectivity index (χ4v) is 3.21. The van der Waals surface area contributed by atoms with Crippen molar-refractivity contribution < 1.29 is 18.3 Å². The molecule has 1 amide bonds. The lowest BCUT2D eigenvalue weighted by Crippen LogP contribution is -2.43. The van der Waals surface area contributed by atoms with E-state index in [1.807, 2.05) is 0 Å². The first-order valence-corrected chi connectivity index (χ1v) is 8.13. The monoisotopic (exact) mass is 314 g/mol. The minimum atomic E-state index is -3.64. The van der Waals surface area contributed by atoms with Gasteiger partial charge in [0.2, 0.25) is 15.9 Å². The fourth-order valence-electron chi connectivity index (χ4n) is 1.77. The van der Waals surface area contributed by atoms with Gasteiger partial charge in [-0.1, -0.05) is 12.1 Å². The van der Waals surface area contributed by atoms with Crippen molar-refractivity contribution >= 4 is 15.9 Å². The third-order valence-corrected chi connectivity index (χ3v) is 4.64. The average Bonchev–Trinajstić information content (AvgIpc) is 2.35. The molecule has 3 N–H and O–H groups in total. The zero-order valence-electron chi connectivity index (χ0n) is 12.5. The van der Waals surface area contributed by atoms with Gasteiger partial charge in [0.05, 0.1) is 4.90 Å². The molecule has 0 atom stereocenters. The summed E-state index contributed by atoms with van der Waals surface area (Å²) >= 11 is 0. The molecular weight excluding hydrogens is 292 g/mol. The van der Waals surface area contributed by atoms with E-state index in [1.165, 1.54) is 19.1 Å². The topological polar surface area (TPSA) is 95.5 Å². The van der Waals surface area contributed by atoms with Crippen LogP contribution in [0.3, 0.4) is 0 Å². The zero-order chi connectivity index (χ0) is 16.1. The molecule has 0 radical (unpaired) electrons. The SMILES string of the molecule is CC(=O)NCc1ccc(S(=O)(=O)NC(C)(C)CCO)cc1. The quantitative estimate of drug-likeness (QED) is 0.692. The fraction of sp³-hybridized carbons (Fsp3) is 0.500. The van der Waals surface area contributed by atoms with E-state index < -0.39 is 15.6 Å². The highest BCUT2D eigenvalue weighted by molar-refractivity contribution is 7.89. The third-order valence-electron chi connectivity index (χ3n) is 2.92. The van der Waals surface area contributed by atoms with Crippen LogP contribution in [0.4, 0.5) is 0 Å². The summed E-state index contributed by atoms with van der Waals surface area (Å²) in [7, 11) is -3.64. The average molecular weight is 314 g/mol. The van der Waals surface area contributed by atoms with Crippen molar-refractivity contribution in [3.63, 3.8) is 0 Å². The molecule has 0 saturated heterocycles. The molecule has 0 saturated carbocycles. The number of amides is 1. The lowest BCUT2D eigenvalue weighted by molar-refractivity contribution is -0.119. The van der Waals surface area contributed by atoms with Gasteiger partial charge in [0.1, 0.15) is 0 Å². The molecule has 0 unspecified atom stereocenters. The summed E-state index contributed by atoms with van der Waals surface area (Å²) in [5.41, 5.74) is 0.0985. The molecule has 0 fully saturated rings. The van der Waals surface area contributed by atoms with Crippen LogP contribution in [-0.4, -0.2) is 31.6 Å². The van der Waals surface area contributed by atoms with Gasteiger partial charge in [-0.05, 0) is 38.0 Å². The highest BCUT2D eigenvalue weighted by Gasteiger charge is 2.25. The smallest absolute Gasteiger partial charge is 0.241 e. The first-order valence-electron chi connectivity index (χ1n) is 6.64. The number of sulfonamides is 1. The molecule has 6 nitrogen and oxygen atoms in total.